The van der Waals surface area contributed by atoms with Crippen LogP contribution in [0.15, 0.2) is 49.3 Å². The van der Waals surface area contributed by atoms with Gasteiger partial charge in [-0.25, -0.2) is 9.67 Å². The van der Waals surface area contributed by atoms with E-state index in [1.165, 1.54) is 6.33 Å². The van der Waals surface area contributed by atoms with Crippen LogP contribution >= 0.6 is 11.6 Å². The zero-order valence-corrected chi connectivity index (χ0v) is 13.6. The Balaban J connectivity index is 2.13. The van der Waals surface area contributed by atoms with Crippen molar-refractivity contribution in [2.75, 3.05) is 0 Å². The molecule has 22 heavy (non-hydrogen) atoms. The summed E-state index contributed by atoms with van der Waals surface area (Å²) in [5.41, 5.74) is -0.304. The minimum atomic E-state index is -0.640. The first-order chi connectivity index (χ1) is 10.4. The average Bonchev–Trinajstić information content (AvgIpc) is 2.98. The number of rotatable bonds is 5. The van der Waals surface area contributed by atoms with Crippen LogP contribution < -0.4 is 4.74 Å². The van der Waals surface area contributed by atoms with E-state index in [-0.39, 0.29) is 11.5 Å². The van der Waals surface area contributed by atoms with Crippen molar-refractivity contribution in [3.8, 4) is 5.75 Å². The van der Waals surface area contributed by atoms with Gasteiger partial charge >= 0.3 is 0 Å². The Morgan fingerprint density at radius 1 is 1.27 bits per heavy atom. The molecule has 2 rings (SSSR count). The molecule has 0 saturated heterocycles. The van der Waals surface area contributed by atoms with E-state index in [1.54, 1.807) is 47.6 Å². The normalized spacial score (nSPS) is 15.0. The SMILES string of the molecule is CC(C)(C)C(O)C(/C=C/Oc1ccc(Cl)cc1)n1cncn1. The third-order valence-electron chi connectivity index (χ3n) is 3.25. The van der Waals surface area contributed by atoms with E-state index in [9.17, 15) is 5.11 Å². The molecule has 0 amide bonds. The summed E-state index contributed by atoms with van der Waals surface area (Å²) in [6.45, 7) is 5.90. The quantitative estimate of drug-likeness (QED) is 0.857. The number of aromatic nitrogens is 3. The number of nitrogens with zero attached hydrogens (tertiary/aromatic N) is 3. The zero-order valence-electron chi connectivity index (χ0n) is 12.8. The summed E-state index contributed by atoms with van der Waals surface area (Å²) in [7, 11) is 0. The molecule has 5 nitrogen and oxygen atoms in total. The van der Waals surface area contributed by atoms with E-state index in [4.69, 9.17) is 16.3 Å². The fourth-order valence-electron chi connectivity index (χ4n) is 1.93. The number of benzene rings is 1. The lowest BCUT2D eigenvalue weighted by atomic mass is 9.84. The van der Waals surface area contributed by atoms with E-state index >= 15 is 0 Å². The summed E-state index contributed by atoms with van der Waals surface area (Å²) in [5, 5.41) is 15.3. The van der Waals surface area contributed by atoms with Crippen molar-refractivity contribution in [1.82, 2.24) is 14.8 Å². The molecule has 0 radical (unpaired) electrons. The number of ether oxygens (including phenoxy) is 1. The van der Waals surface area contributed by atoms with Crippen LogP contribution in [-0.4, -0.2) is 26.0 Å². The Bertz CT molecular complexity index is 603. The smallest absolute Gasteiger partial charge is 0.137 e. The predicted molar refractivity (Wildman–Crippen MR) is 85.7 cm³/mol. The molecule has 0 bridgehead atoms. The molecule has 1 N–H and O–H groups in total. The molecule has 1 aromatic heterocycles. The molecule has 118 valence electrons. The third-order valence-corrected chi connectivity index (χ3v) is 3.50. The zero-order chi connectivity index (χ0) is 16.2. The lowest BCUT2D eigenvalue weighted by Crippen LogP contribution is -2.35. The number of hydrogen-bond donors (Lipinski definition) is 1. The maximum Gasteiger partial charge on any atom is 0.137 e. The number of aliphatic hydroxyl groups is 1. The first kappa shape index (κ1) is 16.5. The van der Waals surface area contributed by atoms with Crippen molar-refractivity contribution in [3.63, 3.8) is 0 Å². The van der Waals surface area contributed by atoms with E-state index in [1.807, 2.05) is 20.8 Å². The summed E-state index contributed by atoms with van der Waals surface area (Å²) in [6.07, 6.45) is 5.69. The monoisotopic (exact) mass is 321 g/mol. The first-order valence-electron chi connectivity index (χ1n) is 6.99. The largest absolute Gasteiger partial charge is 0.465 e. The highest BCUT2D eigenvalue weighted by Crippen LogP contribution is 2.28. The van der Waals surface area contributed by atoms with Crippen molar-refractivity contribution < 1.29 is 9.84 Å². The Labute approximate surface area is 135 Å². The molecule has 2 aromatic rings. The van der Waals surface area contributed by atoms with Gasteiger partial charge in [0.2, 0.25) is 0 Å². The number of hydrogen-bond acceptors (Lipinski definition) is 4. The summed E-state index contributed by atoms with van der Waals surface area (Å²) >= 11 is 5.83. The molecule has 2 atom stereocenters. The van der Waals surface area contributed by atoms with Gasteiger partial charge in [0, 0.05) is 5.02 Å². The van der Waals surface area contributed by atoms with Crippen molar-refractivity contribution in [2.24, 2.45) is 5.41 Å². The predicted octanol–water partition coefficient (Wildman–Crippen LogP) is 3.47. The molecule has 2 unspecified atom stereocenters. The Kier molecular flexibility index (Phi) is 5.21. The van der Waals surface area contributed by atoms with Gasteiger partial charge in [-0.15, -0.1) is 0 Å². The van der Waals surface area contributed by atoms with Crippen LogP contribution in [0.5, 0.6) is 5.75 Å². The van der Waals surface area contributed by atoms with Crippen molar-refractivity contribution >= 4 is 11.6 Å². The fraction of sp³-hybridized carbons (Fsp3) is 0.375. The van der Waals surface area contributed by atoms with Gasteiger partial charge in [-0.05, 0) is 35.8 Å². The minimum absolute atomic E-state index is 0.304. The molecule has 0 aliphatic rings. The molecule has 0 aliphatic carbocycles. The van der Waals surface area contributed by atoms with Gasteiger partial charge < -0.3 is 9.84 Å². The molecule has 0 saturated carbocycles. The first-order valence-corrected chi connectivity index (χ1v) is 7.37. The van der Waals surface area contributed by atoms with Gasteiger partial charge in [0.15, 0.2) is 0 Å². The van der Waals surface area contributed by atoms with Crippen LogP contribution in [0, 0.1) is 5.41 Å². The van der Waals surface area contributed by atoms with Crippen molar-refractivity contribution in [2.45, 2.75) is 32.9 Å². The van der Waals surface area contributed by atoms with E-state index in [0.29, 0.717) is 10.8 Å². The van der Waals surface area contributed by atoms with Crippen LogP contribution in [0.4, 0.5) is 0 Å². The lowest BCUT2D eigenvalue weighted by molar-refractivity contribution is 0.0280. The summed E-state index contributed by atoms with van der Waals surface area (Å²) in [6, 6.07) is 6.69. The Morgan fingerprint density at radius 3 is 2.50 bits per heavy atom. The van der Waals surface area contributed by atoms with E-state index in [0.717, 1.165) is 0 Å². The maximum absolute atomic E-state index is 10.5. The summed E-state index contributed by atoms with van der Waals surface area (Å²) in [5.74, 6) is 0.670. The molecule has 0 fully saturated rings. The van der Waals surface area contributed by atoms with Gasteiger partial charge in [0.25, 0.3) is 0 Å². The molecular weight excluding hydrogens is 302 g/mol. The maximum atomic E-state index is 10.5. The number of aliphatic hydroxyl groups excluding tert-OH is 1. The van der Waals surface area contributed by atoms with Gasteiger partial charge in [-0.2, -0.15) is 5.10 Å². The standard InChI is InChI=1S/C16H20ClN3O2/c1-16(2,3)15(21)14(20-11-18-10-19-20)8-9-22-13-6-4-12(17)5-7-13/h4-11,14-15,21H,1-3H3/b9-8+. The fourth-order valence-corrected chi connectivity index (χ4v) is 2.06. The molecule has 6 heteroatoms. The Morgan fingerprint density at radius 2 is 1.95 bits per heavy atom. The van der Waals surface area contributed by atoms with Gasteiger partial charge in [0.05, 0.1) is 12.4 Å². The summed E-state index contributed by atoms with van der Waals surface area (Å²) < 4.78 is 7.15. The lowest BCUT2D eigenvalue weighted by Gasteiger charge is -2.31. The third kappa shape index (κ3) is 4.32. The van der Waals surface area contributed by atoms with Crippen LogP contribution in [0.3, 0.4) is 0 Å². The van der Waals surface area contributed by atoms with E-state index in [2.05, 4.69) is 10.1 Å². The molecule has 0 aliphatic heterocycles. The average molecular weight is 322 g/mol. The highest BCUT2D eigenvalue weighted by atomic mass is 35.5. The molecular formula is C16H20ClN3O2. The molecule has 1 aromatic carbocycles. The van der Waals surface area contributed by atoms with Crippen molar-refractivity contribution in [3.05, 3.63) is 54.3 Å². The highest BCUT2D eigenvalue weighted by Gasteiger charge is 2.30. The van der Waals surface area contributed by atoms with Crippen LogP contribution in [0.2, 0.25) is 5.02 Å². The van der Waals surface area contributed by atoms with Crippen LogP contribution in [0.1, 0.15) is 26.8 Å². The van der Waals surface area contributed by atoms with Crippen LogP contribution in [0.25, 0.3) is 0 Å². The second-order valence-corrected chi connectivity index (χ2v) is 6.51. The Hall–Kier alpha value is -1.85. The highest BCUT2D eigenvalue weighted by molar-refractivity contribution is 6.30. The second-order valence-electron chi connectivity index (χ2n) is 6.08. The van der Waals surface area contributed by atoms with Gasteiger partial charge in [-0.3, -0.25) is 0 Å². The minimum Gasteiger partial charge on any atom is -0.465 e. The molecule has 0 spiro atoms. The van der Waals surface area contributed by atoms with Gasteiger partial charge in [0.1, 0.15) is 24.4 Å². The topological polar surface area (TPSA) is 60.2 Å². The summed E-state index contributed by atoms with van der Waals surface area (Å²) in [4.78, 5) is 3.93. The van der Waals surface area contributed by atoms with Crippen LogP contribution in [-0.2, 0) is 0 Å². The second kappa shape index (κ2) is 6.94. The molecule has 1 heterocycles. The van der Waals surface area contributed by atoms with E-state index < -0.39 is 6.10 Å². The number of halogens is 1. The van der Waals surface area contributed by atoms with Gasteiger partial charge in [-0.1, -0.05) is 32.4 Å². The van der Waals surface area contributed by atoms with Crippen molar-refractivity contribution in [1.29, 1.82) is 0 Å².